The zero-order chi connectivity index (χ0) is 14.0. The molecule has 0 saturated carbocycles. The van der Waals surface area contributed by atoms with E-state index < -0.39 is 5.97 Å². The Hall–Kier alpha value is -1.46. The van der Waals surface area contributed by atoms with Crippen LogP contribution in [0.5, 0.6) is 0 Å². The summed E-state index contributed by atoms with van der Waals surface area (Å²) in [4.78, 5) is 13.8. The molecule has 0 amide bonds. The Bertz CT molecular complexity index is 493. The summed E-state index contributed by atoms with van der Waals surface area (Å²) in [6.45, 7) is 1.56. The van der Waals surface area contributed by atoms with Crippen molar-refractivity contribution in [2.45, 2.75) is 6.42 Å². The third-order valence-corrected chi connectivity index (χ3v) is 3.64. The molecule has 0 bridgehead atoms. The molecule has 1 fully saturated rings. The first kappa shape index (κ1) is 14.0. The van der Waals surface area contributed by atoms with Crippen molar-refractivity contribution in [3.05, 3.63) is 22.7 Å². The molecule has 3 N–H and O–H groups in total. The van der Waals surface area contributed by atoms with Crippen LogP contribution in [0.3, 0.4) is 0 Å². The predicted molar refractivity (Wildman–Crippen MR) is 74.6 cm³/mol. The monoisotopic (exact) mass is 284 g/mol. The van der Waals surface area contributed by atoms with Crippen molar-refractivity contribution >= 4 is 28.9 Å². The molecule has 1 saturated heterocycles. The van der Waals surface area contributed by atoms with Crippen molar-refractivity contribution in [1.82, 2.24) is 0 Å². The molecule has 1 aliphatic heterocycles. The van der Waals surface area contributed by atoms with E-state index in [4.69, 9.17) is 22.1 Å². The number of ether oxygens (including phenoxy) is 1. The average molecular weight is 285 g/mol. The number of anilines is 2. The van der Waals surface area contributed by atoms with Gasteiger partial charge in [0.2, 0.25) is 0 Å². The largest absolute Gasteiger partial charge is 0.465 e. The molecule has 6 heteroatoms. The summed E-state index contributed by atoms with van der Waals surface area (Å²) in [5.74, 6) is -0.254. The van der Waals surface area contributed by atoms with Gasteiger partial charge in [-0.25, -0.2) is 4.79 Å². The number of aliphatic hydroxyl groups excluding tert-OH is 1. The Kier molecular flexibility index (Phi) is 4.17. The number of hydrogen-bond donors (Lipinski definition) is 2. The van der Waals surface area contributed by atoms with Crippen LogP contribution in [-0.2, 0) is 4.74 Å². The Morgan fingerprint density at radius 1 is 1.63 bits per heavy atom. The third-order valence-electron chi connectivity index (χ3n) is 3.35. The minimum absolute atomic E-state index is 0.136. The van der Waals surface area contributed by atoms with Gasteiger partial charge >= 0.3 is 5.97 Å². The minimum Gasteiger partial charge on any atom is -0.465 e. The number of aliphatic hydroxyl groups is 1. The maximum Gasteiger partial charge on any atom is 0.340 e. The summed E-state index contributed by atoms with van der Waals surface area (Å²) in [6.07, 6.45) is 0.873. The number of hydrogen-bond acceptors (Lipinski definition) is 5. The van der Waals surface area contributed by atoms with Crippen LogP contribution >= 0.6 is 11.6 Å². The van der Waals surface area contributed by atoms with Crippen molar-refractivity contribution in [1.29, 1.82) is 0 Å². The topological polar surface area (TPSA) is 75.8 Å². The van der Waals surface area contributed by atoms with Crippen molar-refractivity contribution in [3.8, 4) is 0 Å². The van der Waals surface area contributed by atoms with Gasteiger partial charge in [-0.1, -0.05) is 11.6 Å². The molecule has 0 aromatic heterocycles. The predicted octanol–water partition coefficient (Wildman–Crippen LogP) is 1.53. The molecule has 19 heavy (non-hydrogen) atoms. The van der Waals surface area contributed by atoms with Crippen LogP contribution in [0.15, 0.2) is 12.1 Å². The van der Waals surface area contributed by atoms with Crippen molar-refractivity contribution < 1.29 is 14.6 Å². The van der Waals surface area contributed by atoms with Crippen molar-refractivity contribution in [2.75, 3.05) is 37.4 Å². The molecule has 5 nitrogen and oxygen atoms in total. The second kappa shape index (κ2) is 5.67. The normalized spacial score (nSPS) is 18.7. The summed E-state index contributed by atoms with van der Waals surface area (Å²) in [6, 6.07) is 3.19. The first-order chi connectivity index (χ1) is 9.06. The van der Waals surface area contributed by atoms with Crippen molar-refractivity contribution in [3.63, 3.8) is 0 Å². The fraction of sp³-hybridized carbons (Fsp3) is 0.462. The number of methoxy groups -OCH3 is 1. The molecule has 1 heterocycles. The first-order valence-electron chi connectivity index (χ1n) is 6.10. The number of rotatable bonds is 3. The Labute approximate surface area is 116 Å². The van der Waals surface area contributed by atoms with Crippen LogP contribution in [-0.4, -0.2) is 37.9 Å². The molecule has 0 radical (unpaired) electrons. The number of benzene rings is 1. The SMILES string of the molecule is COC(=O)c1cc(N)cc(Cl)c1N1CCC(CO)C1. The molecular weight excluding hydrogens is 268 g/mol. The third kappa shape index (κ3) is 2.77. The van der Waals surface area contributed by atoms with E-state index in [2.05, 4.69) is 0 Å². The maximum atomic E-state index is 11.8. The lowest BCUT2D eigenvalue weighted by atomic mass is 10.1. The Morgan fingerprint density at radius 3 is 2.95 bits per heavy atom. The lowest BCUT2D eigenvalue weighted by Gasteiger charge is -2.23. The highest BCUT2D eigenvalue weighted by molar-refractivity contribution is 6.34. The van der Waals surface area contributed by atoms with Crippen LogP contribution in [0, 0.1) is 5.92 Å². The highest BCUT2D eigenvalue weighted by Crippen LogP contribution is 2.36. The van der Waals surface area contributed by atoms with Crippen molar-refractivity contribution in [2.24, 2.45) is 5.92 Å². The number of halogens is 1. The molecule has 104 valence electrons. The zero-order valence-electron chi connectivity index (χ0n) is 10.7. The number of esters is 1. The lowest BCUT2D eigenvalue weighted by Crippen LogP contribution is -2.24. The summed E-state index contributed by atoms with van der Waals surface area (Å²) < 4.78 is 4.77. The average Bonchev–Trinajstić information content (AvgIpc) is 2.85. The van der Waals surface area contributed by atoms with Gasteiger partial charge < -0.3 is 20.5 Å². The van der Waals surface area contributed by atoms with Gasteiger partial charge in [-0.05, 0) is 18.6 Å². The summed E-state index contributed by atoms with van der Waals surface area (Å²) in [5, 5.41) is 9.63. The summed E-state index contributed by atoms with van der Waals surface area (Å²) >= 11 is 6.21. The zero-order valence-corrected chi connectivity index (χ0v) is 11.5. The standard InChI is InChI=1S/C13H17ClN2O3/c1-19-13(18)10-4-9(15)5-11(14)12(10)16-3-2-8(6-16)7-17/h4-5,8,17H,2-3,6-7,15H2,1H3. The number of carbonyl (C=O) groups is 1. The second-order valence-corrected chi connectivity index (χ2v) is 5.08. The highest BCUT2D eigenvalue weighted by atomic mass is 35.5. The molecule has 0 spiro atoms. The van der Waals surface area contributed by atoms with Crippen LogP contribution in [0.25, 0.3) is 0 Å². The fourth-order valence-corrected chi connectivity index (χ4v) is 2.74. The molecule has 2 rings (SSSR count). The van der Waals surface area contributed by atoms with Gasteiger partial charge in [-0.15, -0.1) is 0 Å². The van der Waals surface area contributed by atoms with Gasteiger partial charge in [-0.3, -0.25) is 0 Å². The molecule has 1 aliphatic rings. The van der Waals surface area contributed by atoms with Gasteiger partial charge in [0.05, 0.1) is 23.4 Å². The number of nitrogen functional groups attached to an aromatic ring is 1. The van der Waals surface area contributed by atoms with Crippen LogP contribution in [0.1, 0.15) is 16.8 Å². The number of carbonyl (C=O) groups excluding carboxylic acids is 1. The smallest absolute Gasteiger partial charge is 0.340 e. The van der Waals surface area contributed by atoms with Gasteiger partial charge in [0, 0.05) is 31.3 Å². The van der Waals surface area contributed by atoms with E-state index in [9.17, 15) is 9.90 Å². The van der Waals surface area contributed by atoms with E-state index in [1.807, 2.05) is 4.90 Å². The first-order valence-corrected chi connectivity index (χ1v) is 6.47. The van der Waals surface area contributed by atoms with Crippen LogP contribution < -0.4 is 10.6 Å². The van der Waals surface area contributed by atoms with E-state index in [1.54, 1.807) is 12.1 Å². The maximum absolute atomic E-state index is 11.8. The van der Waals surface area contributed by atoms with Gasteiger partial charge in [0.25, 0.3) is 0 Å². The van der Waals surface area contributed by atoms with Gasteiger partial charge in [-0.2, -0.15) is 0 Å². The molecule has 1 unspecified atom stereocenters. The van der Waals surface area contributed by atoms with Crippen LogP contribution in [0.4, 0.5) is 11.4 Å². The molecule has 1 aromatic rings. The number of nitrogens with zero attached hydrogens (tertiary/aromatic N) is 1. The fourth-order valence-electron chi connectivity index (χ4n) is 2.39. The highest BCUT2D eigenvalue weighted by Gasteiger charge is 2.27. The lowest BCUT2D eigenvalue weighted by molar-refractivity contribution is 0.0601. The Morgan fingerprint density at radius 2 is 2.37 bits per heavy atom. The quantitative estimate of drug-likeness (QED) is 0.650. The van der Waals surface area contributed by atoms with Crippen LogP contribution in [0.2, 0.25) is 5.02 Å². The second-order valence-electron chi connectivity index (χ2n) is 4.67. The molecule has 1 aromatic carbocycles. The van der Waals surface area contributed by atoms with E-state index in [0.717, 1.165) is 13.0 Å². The van der Waals surface area contributed by atoms with Gasteiger partial charge in [0.15, 0.2) is 0 Å². The Balaban J connectivity index is 2.41. The van der Waals surface area contributed by atoms with E-state index >= 15 is 0 Å². The minimum atomic E-state index is -0.461. The molecule has 0 aliphatic carbocycles. The molecular formula is C13H17ClN2O3. The summed E-state index contributed by atoms with van der Waals surface area (Å²) in [5.41, 5.74) is 7.15. The van der Waals surface area contributed by atoms with Gasteiger partial charge in [0.1, 0.15) is 0 Å². The van der Waals surface area contributed by atoms with E-state index in [-0.39, 0.29) is 12.5 Å². The van der Waals surface area contributed by atoms with E-state index in [1.165, 1.54) is 7.11 Å². The number of nitrogens with two attached hydrogens (primary N) is 1. The van der Waals surface area contributed by atoms with E-state index in [0.29, 0.717) is 28.5 Å². The summed E-state index contributed by atoms with van der Waals surface area (Å²) in [7, 11) is 1.32. The molecule has 1 atom stereocenters.